The zero-order valence-electron chi connectivity index (χ0n) is 9.16. The summed E-state index contributed by atoms with van der Waals surface area (Å²) in [6.07, 6.45) is 0. The topological polar surface area (TPSA) is 55.1 Å². The molecular formula is C13H14N2O. The fraction of sp³-hybridized carbons (Fsp3) is 0.154. The molecule has 1 amide bonds. The van der Waals surface area contributed by atoms with E-state index >= 15 is 0 Å². The molecule has 0 aliphatic rings. The van der Waals surface area contributed by atoms with Crippen LogP contribution in [-0.2, 0) is 4.79 Å². The average molecular weight is 214 g/mol. The third kappa shape index (κ3) is 2.31. The van der Waals surface area contributed by atoms with Gasteiger partial charge in [-0.25, -0.2) is 0 Å². The summed E-state index contributed by atoms with van der Waals surface area (Å²) < 4.78 is 0. The van der Waals surface area contributed by atoms with Crippen LogP contribution in [0.15, 0.2) is 36.4 Å². The van der Waals surface area contributed by atoms with Crippen molar-refractivity contribution in [3.63, 3.8) is 0 Å². The summed E-state index contributed by atoms with van der Waals surface area (Å²) in [4.78, 5) is 10.6. The molecular weight excluding hydrogens is 200 g/mol. The molecule has 3 heteroatoms. The highest BCUT2D eigenvalue weighted by molar-refractivity contribution is 5.87. The molecule has 0 saturated carbocycles. The van der Waals surface area contributed by atoms with Crippen LogP contribution >= 0.6 is 0 Å². The maximum absolute atomic E-state index is 10.6. The first-order chi connectivity index (χ1) is 7.65. The Labute approximate surface area is 94.3 Å². The monoisotopic (exact) mass is 214 g/mol. The molecule has 16 heavy (non-hydrogen) atoms. The van der Waals surface area contributed by atoms with E-state index in [1.165, 1.54) is 10.9 Å². The Morgan fingerprint density at radius 2 is 1.88 bits per heavy atom. The highest BCUT2D eigenvalue weighted by Crippen LogP contribution is 2.20. The third-order valence-corrected chi connectivity index (χ3v) is 2.46. The van der Waals surface area contributed by atoms with Crippen molar-refractivity contribution in [3.05, 3.63) is 42.0 Å². The number of rotatable bonds is 3. The molecule has 2 rings (SSSR count). The number of primary amides is 1. The number of fused-ring (bicyclic) bond motifs is 1. The molecule has 0 unspecified atom stereocenters. The number of hydrogen-bond acceptors (Lipinski definition) is 2. The molecule has 82 valence electrons. The SMILES string of the molecule is Cc1ccc2cc(NCC(N)=O)ccc2c1. The van der Waals surface area contributed by atoms with E-state index in [-0.39, 0.29) is 12.5 Å². The summed E-state index contributed by atoms with van der Waals surface area (Å²) in [6, 6.07) is 12.3. The summed E-state index contributed by atoms with van der Waals surface area (Å²) in [6.45, 7) is 2.23. The quantitative estimate of drug-likeness (QED) is 0.821. The lowest BCUT2D eigenvalue weighted by molar-refractivity contribution is -0.116. The molecule has 0 spiro atoms. The largest absolute Gasteiger partial charge is 0.376 e. The van der Waals surface area contributed by atoms with Crippen molar-refractivity contribution < 1.29 is 4.79 Å². The van der Waals surface area contributed by atoms with Gasteiger partial charge in [0.1, 0.15) is 0 Å². The smallest absolute Gasteiger partial charge is 0.236 e. The molecule has 0 bridgehead atoms. The second-order valence-corrected chi connectivity index (χ2v) is 3.89. The van der Waals surface area contributed by atoms with Crippen molar-refractivity contribution in [2.24, 2.45) is 5.73 Å². The highest BCUT2D eigenvalue weighted by atomic mass is 16.1. The van der Waals surface area contributed by atoms with Crippen molar-refractivity contribution in [1.29, 1.82) is 0 Å². The van der Waals surface area contributed by atoms with Gasteiger partial charge in [-0.3, -0.25) is 4.79 Å². The van der Waals surface area contributed by atoms with Gasteiger partial charge in [-0.1, -0.05) is 29.8 Å². The first kappa shape index (κ1) is 10.5. The van der Waals surface area contributed by atoms with E-state index in [0.29, 0.717) is 0 Å². The van der Waals surface area contributed by atoms with Gasteiger partial charge in [0.25, 0.3) is 0 Å². The maximum Gasteiger partial charge on any atom is 0.236 e. The van der Waals surface area contributed by atoms with Crippen molar-refractivity contribution in [2.45, 2.75) is 6.92 Å². The van der Waals surface area contributed by atoms with Crippen molar-refractivity contribution in [1.82, 2.24) is 0 Å². The molecule has 0 aliphatic heterocycles. The summed E-state index contributed by atoms with van der Waals surface area (Å²) in [5.74, 6) is -0.357. The summed E-state index contributed by atoms with van der Waals surface area (Å²) in [5, 5.41) is 5.33. The number of nitrogens with one attached hydrogen (secondary N) is 1. The van der Waals surface area contributed by atoms with Crippen LogP contribution in [0.3, 0.4) is 0 Å². The number of carbonyl (C=O) groups excluding carboxylic acids is 1. The fourth-order valence-electron chi connectivity index (χ4n) is 1.66. The first-order valence-corrected chi connectivity index (χ1v) is 5.18. The predicted octanol–water partition coefficient (Wildman–Crippen LogP) is 2.05. The lowest BCUT2D eigenvalue weighted by Gasteiger charge is -2.06. The molecule has 3 N–H and O–H groups in total. The van der Waals surface area contributed by atoms with Crippen LogP contribution in [0, 0.1) is 6.92 Å². The minimum Gasteiger partial charge on any atom is -0.376 e. The van der Waals surface area contributed by atoms with E-state index in [1.807, 2.05) is 18.2 Å². The van der Waals surface area contributed by atoms with Gasteiger partial charge in [0, 0.05) is 5.69 Å². The molecule has 0 saturated heterocycles. The first-order valence-electron chi connectivity index (χ1n) is 5.18. The lowest BCUT2D eigenvalue weighted by Crippen LogP contribution is -2.21. The van der Waals surface area contributed by atoms with Crippen LogP contribution in [0.4, 0.5) is 5.69 Å². The van der Waals surface area contributed by atoms with Gasteiger partial charge in [-0.15, -0.1) is 0 Å². The minimum atomic E-state index is -0.357. The van der Waals surface area contributed by atoms with Gasteiger partial charge in [0.2, 0.25) is 5.91 Å². The number of anilines is 1. The Hall–Kier alpha value is -2.03. The maximum atomic E-state index is 10.6. The Morgan fingerprint density at radius 1 is 1.19 bits per heavy atom. The summed E-state index contributed by atoms with van der Waals surface area (Å²) in [5.41, 5.74) is 7.22. The van der Waals surface area contributed by atoms with Crippen LogP contribution in [0.25, 0.3) is 10.8 Å². The zero-order valence-corrected chi connectivity index (χ0v) is 9.16. The van der Waals surface area contributed by atoms with E-state index in [1.54, 1.807) is 0 Å². The van der Waals surface area contributed by atoms with E-state index < -0.39 is 0 Å². The molecule has 3 nitrogen and oxygen atoms in total. The normalized spacial score (nSPS) is 10.3. The van der Waals surface area contributed by atoms with E-state index in [4.69, 9.17) is 5.73 Å². The molecule has 0 radical (unpaired) electrons. The van der Waals surface area contributed by atoms with Crippen LogP contribution in [0.2, 0.25) is 0 Å². The Bertz CT molecular complexity index is 534. The van der Waals surface area contributed by atoms with Gasteiger partial charge in [0.05, 0.1) is 6.54 Å². The third-order valence-electron chi connectivity index (χ3n) is 2.46. The van der Waals surface area contributed by atoms with Gasteiger partial charge in [-0.2, -0.15) is 0 Å². The van der Waals surface area contributed by atoms with Crippen molar-refractivity contribution in [2.75, 3.05) is 11.9 Å². The number of amides is 1. The van der Waals surface area contributed by atoms with E-state index in [0.717, 1.165) is 11.1 Å². The molecule has 2 aromatic rings. The second-order valence-electron chi connectivity index (χ2n) is 3.89. The Kier molecular flexibility index (Phi) is 2.77. The van der Waals surface area contributed by atoms with Gasteiger partial charge < -0.3 is 11.1 Å². The molecule has 0 fully saturated rings. The zero-order chi connectivity index (χ0) is 11.5. The Morgan fingerprint density at radius 3 is 2.62 bits per heavy atom. The summed E-state index contributed by atoms with van der Waals surface area (Å²) in [7, 11) is 0. The average Bonchev–Trinajstić information content (AvgIpc) is 2.26. The Balaban J connectivity index is 2.30. The molecule has 2 aromatic carbocycles. The fourth-order valence-corrected chi connectivity index (χ4v) is 1.66. The number of aryl methyl sites for hydroxylation is 1. The second kappa shape index (κ2) is 4.23. The molecule has 0 aromatic heterocycles. The summed E-state index contributed by atoms with van der Waals surface area (Å²) >= 11 is 0. The van der Waals surface area contributed by atoms with Crippen LogP contribution in [-0.4, -0.2) is 12.5 Å². The van der Waals surface area contributed by atoms with Crippen LogP contribution in [0.5, 0.6) is 0 Å². The standard InChI is InChI=1S/C13H14N2O/c1-9-2-3-11-7-12(15-8-13(14)16)5-4-10(11)6-9/h2-7,15H,8H2,1H3,(H2,14,16). The van der Waals surface area contributed by atoms with Gasteiger partial charge >= 0.3 is 0 Å². The highest BCUT2D eigenvalue weighted by Gasteiger charge is 1.98. The molecule has 0 atom stereocenters. The predicted molar refractivity (Wildman–Crippen MR) is 66.4 cm³/mol. The lowest BCUT2D eigenvalue weighted by atomic mass is 10.1. The number of nitrogens with two attached hydrogens (primary N) is 1. The van der Waals surface area contributed by atoms with E-state index in [9.17, 15) is 4.79 Å². The van der Waals surface area contributed by atoms with Crippen molar-refractivity contribution in [3.8, 4) is 0 Å². The minimum absolute atomic E-state index is 0.164. The van der Waals surface area contributed by atoms with Gasteiger partial charge in [-0.05, 0) is 29.8 Å². The van der Waals surface area contributed by atoms with E-state index in [2.05, 4.69) is 30.4 Å². The number of hydrogen-bond donors (Lipinski definition) is 2. The molecule has 0 aliphatic carbocycles. The van der Waals surface area contributed by atoms with Crippen LogP contribution < -0.4 is 11.1 Å². The van der Waals surface area contributed by atoms with Crippen LogP contribution in [0.1, 0.15) is 5.56 Å². The van der Waals surface area contributed by atoms with Gasteiger partial charge in [0.15, 0.2) is 0 Å². The number of carbonyl (C=O) groups is 1. The number of benzene rings is 2. The molecule has 0 heterocycles. The van der Waals surface area contributed by atoms with Crippen molar-refractivity contribution >= 4 is 22.4 Å².